The Kier molecular flexibility index (Phi) is 11.8. The third-order valence-electron chi connectivity index (χ3n) is 6.23. The summed E-state index contributed by atoms with van der Waals surface area (Å²) >= 11 is 0. The minimum atomic E-state index is -1.34. The molecular weight excluding hydrogens is 564 g/mol. The Labute approximate surface area is 240 Å². The van der Waals surface area contributed by atoms with Gasteiger partial charge in [0.15, 0.2) is 0 Å². The van der Waals surface area contributed by atoms with Crippen LogP contribution in [-0.2, 0) is 9.47 Å². The van der Waals surface area contributed by atoms with Crippen LogP contribution in [0.15, 0.2) is 48.5 Å². The van der Waals surface area contributed by atoms with Crippen LogP contribution in [0.5, 0.6) is 11.5 Å². The van der Waals surface area contributed by atoms with E-state index in [0.29, 0.717) is 11.5 Å². The van der Waals surface area contributed by atoms with Crippen molar-refractivity contribution in [3.8, 4) is 11.5 Å². The van der Waals surface area contributed by atoms with E-state index < -0.39 is 49.2 Å². The maximum Gasteiger partial charge on any atom is 0.228 e. The molecule has 2 heterocycles. The molecule has 2 aromatic carbocycles. The molecule has 0 amide bonds. The summed E-state index contributed by atoms with van der Waals surface area (Å²) in [5, 5.41) is 65.2. The van der Waals surface area contributed by atoms with Crippen LogP contribution >= 0.6 is 21.6 Å². The first kappa shape index (κ1) is 31.0. The van der Waals surface area contributed by atoms with Crippen LogP contribution < -0.4 is 20.1 Å². The van der Waals surface area contributed by atoms with Crippen LogP contribution in [0.2, 0.25) is 0 Å². The van der Waals surface area contributed by atoms with E-state index in [-0.39, 0.29) is 13.2 Å². The molecule has 8 atom stereocenters. The Morgan fingerprint density at radius 3 is 1.35 bits per heavy atom. The topological polar surface area (TPSA) is 182 Å². The average molecular weight is 601 g/mol. The number of anilines is 2. The van der Waals surface area contributed by atoms with E-state index >= 15 is 0 Å². The number of hydrogen-bond acceptors (Lipinski definition) is 14. The van der Waals surface area contributed by atoms with Crippen molar-refractivity contribution in [1.82, 2.24) is 0 Å². The van der Waals surface area contributed by atoms with Gasteiger partial charge in [0.1, 0.15) is 48.1 Å². The first-order chi connectivity index (χ1) is 19.3. The van der Waals surface area contributed by atoms with E-state index in [0.717, 1.165) is 36.0 Å². The predicted octanol–water partition coefficient (Wildman–Crippen LogP) is 0.228. The fourth-order valence-corrected chi connectivity index (χ4v) is 5.74. The van der Waals surface area contributed by atoms with E-state index in [2.05, 4.69) is 10.6 Å². The molecule has 40 heavy (non-hydrogen) atoms. The molecule has 2 aliphatic heterocycles. The molecule has 0 saturated carbocycles. The fourth-order valence-electron chi connectivity index (χ4n) is 3.93. The van der Waals surface area contributed by atoms with Gasteiger partial charge < -0.3 is 60.2 Å². The Morgan fingerprint density at radius 1 is 0.600 bits per heavy atom. The van der Waals surface area contributed by atoms with Gasteiger partial charge in [-0.25, -0.2) is 0 Å². The van der Waals surface area contributed by atoms with E-state index in [1.807, 2.05) is 24.3 Å². The smallest absolute Gasteiger partial charge is 0.228 e. The molecule has 12 nitrogen and oxygen atoms in total. The van der Waals surface area contributed by atoms with Crippen molar-refractivity contribution >= 4 is 33.0 Å². The summed E-state index contributed by atoms with van der Waals surface area (Å²) < 4.78 is 21.7. The van der Waals surface area contributed by atoms with Gasteiger partial charge in [-0.2, -0.15) is 0 Å². The monoisotopic (exact) mass is 600 g/mol. The lowest BCUT2D eigenvalue weighted by Crippen LogP contribution is -2.54. The second-order valence-corrected chi connectivity index (χ2v) is 12.0. The lowest BCUT2D eigenvalue weighted by molar-refractivity contribution is -0.242. The van der Waals surface area contributed by atoms with Crippen LogP contribution in [0, 0.1) is 0 Å². The summed E-state index contributed by atoms with van der Waals surface area (Å²) in [5.41, 5.74) is 1.84. The largest absolute Gasteiger partial charge is 0.462 e. The second-order valence-electron chi connectivity index (χ2n) is 9.28. The van der Waals surface area contributed by atoms with Crippen molar-refractivity contribution in [2.24, 2.45) is 0 Å². The Balaban J connectivity index is 1.04. The molecule has 2 aliphatic rings. The van der Waals surface area contributed by atoms with Gasteiger partial charge >= 0.3 is 0 Å². The minimum absolute atomic E-state index is 0.111. The van der Waals surface area contributed by atoms with E-state index in [4.69, 9.17) is 18.9 Å². The van der Waals surface area contributed by atoms with Gasteiger partial charge in [-0.3, -0.25) is 0 Å². The number of ether oxygens (including phenoxy) is 4. The molecule has 222 valence electrons. The van der Waals surface area contributed by atoms with Crippen molar-refractivity contribution in [3.63, 3.8) is 0 Å². The van der Waals surface area contributed by atoms with Gasteiger partial charge in [-0.05, 0) is 48.5 Å². The molecule has 0 radical (unpaired) electrons. The molecule has 0 aromatic heterocycles. The summed E-state index contributed by atoms with van der Waals surface area (Å²) in [4.78, 5) is 0. The second kappa shape index (κ2) is 15.3. The first-order valence-corrected chi connectivity index (χ1v) is 15.4. The Hall–Kier alpha value is -1.98. The van der Waals surface area contributed by atoms with Crippen molar-refractivity contribution in [2.45, 2.75) is 49.2 Å². The number of hydrogen-bond donors (Lipinski definition) is 8. The van der Waals surface area contributed by atoms with E-state index in [9.17, 15) is 30.6 Å². The zero-order valence-corrected chi connectivity index (χ0v) is 23.2. The standard InChI is InChI=1S/C26H36N2O10S2/c29-19-13-35-25(23(33)21(19)31)37-17-5-1-15(2-6-17)27-9-11-39-40-12-10-28-16-3-7-18(8-4-16)38-26-24(34)22(32)20(30)14-36-26/h1-8,19-34H,9-14H2/t19-,20-,21+,22+,23-,24-,25+,26+/m1/s1. The number of aliphatic hydroxyl groups excluding tert-OH is 6. The zero-order valence-electron chi connectivity index (χ0n) is 21.6. The van der Waals surface area contributed by atoms with Gasteiger partial charge in [0, 0.05) is 36.0 Å². The van der Waals surface area contributed by atoms with Gasteiger partial charge in [0.2, 0.25) is 12.6 Å². The number of rotatable bonds is 13. The Morgan fingerprint density at radius 2 is 0.975 bits per heavy atom. The molecule has 2 aromatic rings. The third-order valence-corrected chi connectivity index (χ3v) is 8.64. The molecule has 4 rings (SSSR count). The first-order valence-electron chi connectivity index (χ1n) is 12.9. The number of benzene rings is 2. The van der Waals surface area contributed by atoms with Crippen molar-refractivity contribution in [2.75, 3.05) is 48.4 Å². The summed E-state index contributed by atoms with van der Waals surface area (Å²) in [6.45, 7) is 1.33. The lowest BCUT2D eigenvalue weighted by atomic mass is 10.1. The van der Waals surface area contributed by atoms with Gasteiger partial charge in [0.05, 0.1) is 13.2 Å². The molecule has 14 heteroatoms. The normalized spacial score (nSPS) is 30.4. The predicted molar refractivity (Wildman–Crippen MR) is 152 cm³/mol. The third kappa shape index (κ3) is 8.76. The lowest BCUT2D eigenvalue weighted by Gasteiger charge is -2.34. The average Bonchev–Trinajstić information content (AvgIpc) is 2.96. The molecule has 8 N–H and O–H groups in total. The highest BCUT2D eigenvalue weighted by atomic mass is 33.1. The van der Waals surface area contributed by atoms with Crippen molar-refractivity contribution in [3.05, 3.63) is 48.5 Å². The highest BCUT2D eigenvalue weighted by Gasteiger charge is 2.40. The molecule has 0 bridgehead atoms. The van der Waals surface area contributed by atoms with Crippen molar-refractivity contribution < 1.29 is 49.6 Å². The molecular formula is C26H36N2O10S2. The van der Waals surface area contributed by atoms with E-state index in [1.165, 1.54) is 0 Å². The number of nitrogens with one attached hydrogen (secondary N) is 2. The quantitative estimate of drug-likeness (QED) is 0.115. The van der Waals surface area contributed by atoms with Gasteiger partial charge in [-0.15, -0.1) is 0 Å². The SMILES string of the molecule is O[C@@H]1[C@@H](O)[C@H](Oc2ccc(NCCSSCCNc3ccc(O[C@@H]4OC[C@@H](O)[C@H](O)[C@H]4O)cc3)cc2)OC[C@H]1O. The van der Waals surface area contributed by atoms with Crippen LogP contribution in [0.4, 0.5) is 11.4 Å². The molecule has 0 unspecified atom stereocenters. The Bertz CT molecular complexity index is 940. The van der Waals surface area contributed by atoms with Crippen LogP contribution in [0.1, 0.15) is 0 Å². The number of aliphatic hydroxyl groups is 6. The van der Waals surface area contributed by atoms with Crippen molar-refractivity contribution in [1.29, 1.82) is 0 Å². The summed E-state index contributed by atoms with van der Waals surface area (Å²) in [6, 6.07) is 14.4. The van der Waals surface area contributed by atoms with Crippen LogP contribution in [-0.4, -0.2) is 118 Å². The fraction of sp³-hybridized carbons (Fsp3) is 0.538. The highest BCUT2D eigenvalue weighted by molar-refractivity contribution is 8.76. The van der Waals surface area contributed by atoms with Crippen LogP contribution in [0.25, 0.3) is 0 Å². The molecule has 0 aliphatic carbocycles. The minimum Gasteiger partial charge on any atom is -0.462 e. The summed E-state index contributed by atoms with van der Waals surface area (Å²) in [7, 11) is 3.52. The summed E-state index contributed by atoms with van der Waals surface area (Å²) in [6.07, 6.45) is -9.66. The summed E-state index contributed by atoms with van der Waals surface area (Å²) in [5.74, 6) is 2.77. The maximum atomic E-state index is 9.97. The van der Waals surface area contributed by atoms with Gasteiger partial charge in [0.25, 0.3) is 0 Å². The maximum absolute atomic E-state index is 9.97. The van der Waals surface area contributed by atoms with E-state index in [1.54, 1.807) is 45.9 Å². The van der Waals surface area contributed by atoms with Crippen LogP contribution in [0.3, 0.4) is 0 Å². The molecule has 2 saturated heterocycles. The highest BCUT2D eigenvalue weighted by Crippen LogP contribution is 2.25. The molecule has 2 fully saturated rings. The molecule has 0 spiro atoms. The zero-order chi connectivity index (χ0) is 28.5. The van der Waals surface area contributed by atoms with Gasteiger partial charge in [-0.1, -0.05) is 21.6 Å².